The summed E-state index contributed by atoms with van der Waals surface area (Å²) in [5, 5.41) is 10.5. The van der Waals surface area contributed by atoms with E-state index < -0.39 is 12.3 Å². The van der Waals surface area contributed by atoms with Crippen molar-refractivity contribution >= 4 is 6.09 Å². The highest BCUT2D eigenvalue weighted by Gasteiger charge is 1.99. The average Bonchev–Trinajstić information content (AvgIpc) is 1.65. The minimum atomic E-state index is -0.845. The molecule has 1 amide bonds. The zero-order chi connectivity index (χ0) is 6.57. The molecule has 0 fully saturated rings. The zero-order valence-electron chi connectivity index (χ0n) is 4.84. The molecule has 8 heavy (non-hydrogen) atoms. The molecule has 0 heterocycles. The molecule has 4 heteroatoms. The fourth-order valence-corrected chi connectivity index (χ4v) is 0.229. The van der Waals surface area contributed by atoms with Crippen molar-refractivity contribution in [1.82, 2.24) is 5.32 Å². The highest BCUT2D eigenvalue weighted by molar-refractivity contribution is 5.66. The molecule has 0 aromatic heterocycles. The van der Waals surface area contributed by atoms with Gasteiger partial charge >= 0.3 is 6.09 Å². The molecule has 2 N–H and O–H groups in total. The standard InChI is InChI=1S/C4H9NO3/c1-3(6)5-4(7)8-2/h3,6H,1-2H3,(H,5,7). The van der Waals surface area contributed by atoms with Gasteiger partial charge in [0.1, 0.15) is 6.23 Å². The van der Waals surface area contributed by atoms with Gasteiger partial charge in [0, 0.05) is 0 Å². The summed E-state index contributed by atoms with van der Waals surface area (Å²) in [4.78, 5) is 10.1. The van der Waals surface area contributed by atoms with Crippen LogP contribution in [0.25, 0.3) is 0 Å². The monoisotopic (exact) mass is 119 g/mol. The number of hydrogen-bond donors (Lipinski definition) is 2. The minimum absolute atomic E-state index is 0.625. The molecule has 0 aliphatic heterocycles. The van der Waals surface area contributed by atoms with Gasteiger partial charge in [-0.25, -0.2) is 4.79 Å². The van der Waals surface area contributed by atoms with Crippen LogP contribution in [0.4, 0.5) is 4.79 Å². The third kappa shape index (κ3) is 3.42. The van der Waals surface area contributed by atoms with E-state index in [1.807, 2.05) is 0 Å². The van der Waals surface area contributed by atoms with Crippen LogP contribution < -0.4 is 5.32 Å². The maximum absolute atomic E-state index is 10.1. The van der Waals surface area contributed by atoms with Crippen molar-refractivity contribution in [1.29, 1.82) is 0 Å². The molecular formula is C4H9NO3. The summed E-state index contributed by atoms with van der Waals surface area (Å²) in [5.74, 6) is 0. The second kappa shape index (κ2) is 3.26. The molecule has 0 aliphatic rings. The number of hydrogen-bond acceptors (Lipinski definition) is 3. The van der Waals surface area contributed by atoms with E-state index in [0.29, 0.717) is 0 Å². The molecule has 1 unspecified atom stereocenters. The molecule has 0 saturated carbocycles. The van der Waals surface area contributed by atoms with Gasteiger partial charge in [0.05, 0.1) is 7.11 Å². The van der Waals surface area contributed by atoms with Gasteiger partial charge in [-0.3, -0.25) is 5.32 Å². The van der Waals surface area contributed by atoms with E-state index in [2.05, 4.69) is 10.1 Å². The maximum atomic E-state index is 10.1. The van der Waals surface area contributed by atoms with Crippen LogP contribution in [0.15, 0.2) is 0 Å². The molecule has 0 rings (SSSR count). The molecule has 0 aromatic carbocycles. The Morgan fingerprint density at radius 2 is 2.38 bits per heavy atom. The maximum Gasteiger partial charge on any atom is 0.408 e. The lowest BCUT2D eigenvalue weighted by Crippen LogP contribution is -2.31. The van der Waals surface area contributed by atoms with E-state index in [4.69, 9.17) is 5.11 Å². The summed E-state index contributed by atoms with van der Waals surface area (Å²) in [6.07, 6.45) is -1.47. The van der Waals surface area contributed by atoms with E-state index in [0.717, 1.165) is 0 Å². The Morgan fingerprint density at radius 1 is 1.88 bits per heavy atom. The van der Waals surface area contributed by atoms with Crippen molar-refractivity contribution in [2.75, 3.05) is 7.11 Å². The zero-order valence-corrected chi connectivity index (χ0v) is 4.84. The van der Waals surface area contributed by atoms with E-state index >= 15 is 0 Å². The van der Waals surface area contributed by atoms with E-state index in [9.17, 15) is 4.79 Å². The van der Waals surface area contributed by atoms with Crippen LogP contribution in [0, 0.1) is 0 Å². The summed E-state index contributed by atoms with van der Waals surface area (Å²) in [5.41, 5.74) is 0. The van der Waals surface area contributed by atoms with Crippen molar-refractivity contribution in [3.05, 3.63) is 0 Å². The Balaban J connectivity index is 3.25. The Hall–Kier alpha value is -0.770. The third-order valence-electron chi connectivity index (χ3n) is 0.512. The molecule has 0 radical (unpaired) electrons. The Kier molecular flexibility index (Phi) is 2.95. The van der Waals surface area contributed by atoms with Crippen molar-refractivity contribution < 1.29 is 14.6 Å². The summed E-state index contributed by atoms with van der Waals surface area (Å²) in [6.45, 7) is 1.43. The summed E-state index contributed by atoms with van der Waals surface area (Å²) in [6, 6.07) is 0. The molecule has 48 valence electrons. The predicted molar refractivity (Wildman–Crippen MR) is 27.2 cm³/mol. The Morgan fingerprint density at radius 3 is 2.50 bits per heavy atom. The molecule has 4 nitrogen and oxygen atoms in total. The molecular weight excluding hydrogens is 110 g/mol. The number of carbonyl (C=O) groups is 1. The third-order valence-corrected chi connectivity index (χ3v) is 0.512. The van der Waals surface area contributed by atoms with Gasteiger partial charge in [0.25, 0.3) is 0 Å². The summed E-state index contributed by atoms with van der Waals surface area (Å²) in [7, 11) is 1.23. The number of aliphatic hydroxyl groups is 1. The van der Waals surface area contributed by atoms with Gasteiger partial charge in [0.2, 0.25) is 0 Å². The molecule has 0 bridgehead atoms. The molecule has 0 aliphatic carbocycles. The van der Waals surface area contributed by atoms with Crippen LogP contribution in [0.1, 0.15) is 6.92 Å². The van der Waals surface area contributed by atoms with Crippen LogP contribution in [-0.2, 0) is 4.74 Å². The normalized spacial score (nSPS) is 12.4. The average molecular weight is 119 g/mol. The smallest absolute Gasteiger partial charge is 0.408 e. The van der Waals surface area contributed by atoms with Gasteiger partial charge in [-0.2, -0.15) is 0 Å². The van der Waals surface area contributed by atoms with E-state index in [1.165, 1.54) is 14.0 Å². The number of amides is 1. The van der Waals surface area contributed by atoms with Crippen LogP contribution in [0.3, 0.4) is 0 Å². The van der Waals surface area contributed by atoms with Crippen LogP contribution in [-0.4, -0.2) is 24.5 Å². The number of rotatable bonds is 1. The lowest BCUT2D eigenvalue weighted by Gasteiger charge is -2.03. The molecule has 1 atom stereocenters. The molecule has 0 spiro atoms. The van der Waals surface area contributed by atoms with Crippen molar-refractivity contribution in [3.8, 4) is 0 Å². The number of carbonyl (C=O) groups excluding carboxylic acids is 1. The van der Waals surface area contributed by atoms with E-state index in [1.54, 1.807) is 0 Å². The number of aliphatic hydroxyl groups excluding tert-OH is 1. The van der Waals surface area contributed by atoms with Crippen molar-refractivity contribution in [2.24, 2.45) is 0 Å². The minimum Gasteiger partial charge on any atom is -0.453 e. The Labute approximate surface area is 47.5 Å². The number of ether oxygens (including phenoxy) is 1. The fraction of sp³-hybridized carbons (Fsp3) is 0.750. The summed E-state index contributed by atoms with van der Waals surface area (Å²) >= 11 is 0. The number of alkyl carbamates (subject to hydrolysis) is 1. The number of nitrogens with one attached hydrogen (secondary N) is 1. The first-order chi connectivity index (χ1) is 3.66. The SMILES string of the molecule is COC(=O)NC(C)O. The van der Waals surface area contributed by atoms with E-state index in [-0.39, 0.29) is 0 Å². The van der Waals surface area contributed by atoms with Gasteiger partial charge in [-0.15, -0.1) is 0 Å². The van der Waals surface area contributed by atoms with Gasteiger partial charge in [-0.1, -0.05) is 0 Å². The Bertz CT molecular complexity index is 81.4. The van der Waals surface area contributed by atoms with Crippen molar-refractivity contribution in [3.63, 3.8) is 0 Å². The quantitative estimate of drug-likeness (QED) is 0.465. The van der Waals surface area contributed by atoms with Gasteiger partial charge in [0.15, 0.2) is 0 Å². The second-order valence-electron chi connectivity index (χ2n) is 1.31. The topological polar surface area (TPSA) is 58.6 Å². The lowest BCUT2D eigenvalue weighted by molar-refractivity contribution is 0.121. The van der Waals surface area contributed by atoms with Crippen LogP contribution in [0.5, 0.6) is 0 Å². The number of methoxy groups -OCH3 is 1. The highest BCUT2D eigenvalue weighted by Crippen LogP contribution is 1.74. The van der Waals surface area contributed by atoms with Crippen LogP contribution >= 0.6 is 0 Å². The van der Waals surface area contributed by atoms with Gasteiger partial charge in [-0.05, 0) is 6.92 Å². The second-order valence-corrected chi connectivity index (χ2v) is 1.31. The van der Waals surface area contributed by atoms with Gasteiger partial charge < -0.3 is 9.84 Å². The van der Waals surface area contributed by atoms with Crippen LogP contribution in [0.2, 0.25) is 0 Å². The molecule has 0 saturated heterocycles. The predicted octanol–water partition coefficient (Wildman–Crippen LogP) is -0.319. The highest BCUT2D eigenvalue weighted by atomic mass is 16.5. The first-order valence-corrected chi connectivity index (χ1v) is 2.19. The van der Waals surface area contributed by atoms with Crippen molar-refractivity contribution in [2.45, 2.75) is 13.2 Å². The lowest BCUT2D eigenvalue weighted by atomic mass is 10.7. The first-order valence-electron chi connectivity index (χ1n) is 2.19. The fourth-order valence-electron chi connectivity index (χ4n) is 0.229. The molecule has 0 aromatic rings. The first kappa shape index (κ1) is 7.23. The largest absolute Gasteiger partial charge is 0.453 e. The summed E-state index contributed by atoms with van der Waals surface area (Å²) < 4.78 is 4.15.